The molecule has 2 aromatic carbocycles. The largest absolute Gasteiger partial charge is 0.368 e. The Morgan fingerprint density at radius 3 is 2.30 bits per heavy atom. The van der Waals surface area contributed by atoms with Crippen LogP contribution in [0.4, 0.5) is 14.6 Å². The van der Waals surface area contributed by atoms with Crippen molar-refractivity contribution in [3.8, 4) is 0 Å². The van der Waals surface area contributed by atoms with Gasteiger partial charge in [-0.15, -0.1) is 0 Å². The van der Waals surface area contributed by atoms with Crippen LogP contribution in [0.1, 0.15) is 11.7 Å². The lowest BCUT2D eigenvalue weighted by Crippen LogP contribution is -2.33. The van der Waals surface area contributed by atoms with E-state index in [1.54, 1.807) is 36.7 Å². The minimum atomic E-state index is -0.303. The van der Waals surface area contributed by atoms with E-state index in [0.29, 0.717) is 13.1 Å². The molecule has 1 unspecified atom stereocenters. The van der Waals surface area contributed by atoms with Gasteiger partial charge in [-0.2, -0.15) is 0 Å². The van der Waals surface area contributed by atoms with Gasteiger partial charge in [0.25, 0.3) is 0 Å². The molecule has 3 N–H and O–H groups in total. The first-order valence-electron chi connectivity index (χ1n) is 9.78. The fourth-order valence-electron chi connectivity index (χ4n) is 3.64. The first-order valence-corrected chi connectivity index (χ1v) is 9.78. The highest BCUT2D eigenvalue weighted by atomic mass is 19.1. The van der Waals surface area contributed by atoms with E-state index < -0.39 is 0 Å². The van der Waals surface area contributed by atoms with Gasteiger partial charge < -0.3 is 16.0 Å². The predicted octanol–water partition coefficient (Wildman–Crippen LogP) is 4.10. The number of benzene rings is 2. The normalized spacial score (nSPS) is 12.6. The standard InChI is InChI=1S/C23H23F2N5/c1-30(11-10-29-23-20-5-3-18(25)13-16(20)7-9-28-23)14-21(26)22-19-4-2-17(24)12-15(19)6-8-27-22/h2-9,12-13,21H,10-11,14,26H2,1H3,(H,28,29). The number of nitrogens with zero attached hydrogens (tertiary/aromatic N) is 3. The summed E-state index contributed by atoms with van der Waals surface area (Å²) < 4.78 is 26.9. The van der Waals surface area contributed by atoms with Crippen LogP contribution in [0.25, 0.3) is 21.5 Å². The average molecular weight is 407 g/mol. The molecule has 1 atom stereocenters. The molecule has 0 aliphatic heterocycles. The summed E-state index contributed by atoms with van der Waals surface area (Å²) in [6.45, 7) is 1.98. The number of rotatable bonds is 7. The molecule has 0 fully saturated rings. The molecule has 2 aromatic heterocycles. The number of hydrogen-bond donors (Lipinski definition) is 2. The van der Waals surface area contributed by atoms with Gasteiger partial charge in [0.2, 0.25) is 0 Å². The monoisotopic (exact) mass is 407 g/mol. The lowest BCUT2D eigenvalue weighted by molar-refractivity contribution is 0.322. The fraction of sp³-hybridized carbons (Fsp3) is 0.217. The summed E-state index contributed by atoms with van der Waals surface area (Å²) in [7, 11) is 1.98. The van der Waals surface area contributed by atoms with Gasteiger partial charge in [0, 0.05) is 42.8 Å². The molecule has 4 rings (SSSR count). The Hall–Kier alpha value is -3.16. The molecule has 0 spiro atoms. The minimum Gasteiger partial charge on any atom is -0.368 e. The Morgan fingerprint density at radius 1 is 0.933 bits per heavy atom. The van der Waals surface area contributed by atoms with E-state index in [1.165, 1.54) is 24.3 Å². The zero-order valence-electron chi connectivity index (χ0n) is 16.6. The maximum atomic E-state index is 13.5. The van der Waals surface area contributed by atoms with Crippen molar-refractivity contribution >= 4 is 27.4 Å². The SMILES string of the molecule is CN(CCNc1nccc2cc(F)ccc12)CC(N)c1nccc2cc(F)ccc12. The summed E-state index contributed by atoms with van der Waals surface area (Å²) >= 11 is 0. The molecule has 7 heteroatoms. The molecule has 0 saturated carbocycles. The molecule has 0 amide bonds. The molecule has 5 nitrogen and oxygen atoms in total. The molecule has 0 bridgehead atoms. The van der Waals surface area contributed by atoms with E-state index in [0.717, 1.165) is 39.6 Å². The molecular formula is C23H23F2N5. The van der Waals surface area contributed by atoms with Crippen LogP contribution in [0.5, 0.6) is 0 Å². The molecule has 154 valence electrons. The highest BCUT2D eigenvalue weighted by Gasteiger charge is 2.14. The third-order valence-corrected chi connectivity index (χ3v) is 5.13. The van der Waals surface area contributed by atoms with Crippen molar-refractivity contribution < 1.29 is 8.78 Å². The quantitative estimate of drug-likeness (QED) is 0.483. The van der Waals surface area contributed by atoms with Crippen molar-refractivity contribution in [2.45, 2.75) is 6.04 Å². The van der Waals surface area contributed by atoms with Crippen LogP contribution < -0.4 is 11.1 Å². The lowest BCUT2D eigenvalue weighted by atomic mass is 10.0. The van der Waals surface area contributed by atoms with Crippen molar-refractivity contribution in [1.82, 2.24) is 14.9 Å². The Labute approximate surface area is 173 Å². The summed E-state index contributed by atoms with van der Waals surface area (Å²) in [6.07, 6.45) is 3.33. The van der Waals surface area contributed by atoms with Crippen molar-refractivity contribution in [3.63, 3.8) is 0 Å². The summed E-state index contributed by atoms with van der Waals surface area (Å²) in [5.74, 6) is 0.183. The molecule has 4 aromatic rings. The maximum absolute atomic E-state index is 13.5. The van der Waals surface area contributed by atoms with Crippen LogP contribution in [0.15, 0.2) is 60.9 Å². The second kappa shape index (κ2) is 8.69. The number of nitrogens with one attached hydrogen (secondary N) is 1. The summed E-state index contributed by atoms with van der Waals surface area (Å²) in [5, 5.41) is 6.66. The Bertz CT molecular complexity index is 1180. The first-order chi connectivity index (χ1) is 14.5. The highest BCUT2D eigenvalue weighted by molar-refractivity contribution is 5.91. The van der Waals surface area contributed by atoms with Crippen LogP contribution in [-0.4, -0.2) is 41.5 Å². The van der Waals surface area contributed by atoms with E-state index in [9.17, 15) is 8.78 Å². The van der Waals surface area contributed by atoms with Crippen LogP contribution in [0, 0.1) is 11.6 Å². The number of anilines is 1. The molecule has 0 aliphatic rings. The van der Waals surface area contributed by atoms with Gasteiger partial charge >= 0.3 is 0 Å². The molecule has 0 aliphatic carbocycles. The Morgan fingerprint density at radius 2 is 1.57 bits per heavy atom. The summed E-state index contributed by atoms with van der Waals surface area (Å²) in [4.78, 5) is 10.9. The topological polar surface area (TPSA) is 67.1 Å². The number of aromatic nitrogens is 2. The van der Waals surface area contributed by atoms with E-state index in [1.807, 2.05) is 7.05 Å². The smallest absolute Gasteiger partial charge is 0.133 e. The molecule has 30 heavy (non-hydrogen) atoms. The number of pyridine rings is 2. The van der Waals surface area contributed by atoms with Gasteiger partial charge in [0.15, 0.2) is 0 Å². The zero-order valence-corrected chi connectivity index (χ0v) is 16.6. The van der Waals surface area contributed by atoms with Crippen LogP contribution in [0.3, 0.4) is 0 Å². The summed E-state index contributed by atoms with van der Waals surface area (Å²) in [5.41, 5.74) is 7.16. The maximum Gasteiger partial charge on any atom is 0.133 e. The van der Waals surface area contributed by atoms with Crippen molar-refractivity contribution in [2.75, 3.05) is 32.0 Å². The van der Waals surface area contributed by atoms with Crippen molar-refractivity contribution in [2.24, 2.45) is 5.73 Å². The number of halogens is 2. The molecular weight excluding hydrogens is 384 g/mol. The van der Waals surface area contributed by atoms with Crippen LogP contribution in [-0.2, 0) is 0 Å². The fourth-order valence-corrected chi connectivity index (χ4v) is 3.64. The first kappa shape index (κ1) is 20.1. The third-order valence-electron chi connectivity index (χ3n) is 5.13. The average Bonchev–Trinajstić information content (AvgIpc) is 2.72. The lowest BCUT2D eigenvalue weighted by Gasteiger charge is -2.22. The second-order valence-electron chi connectivity index (χ2n) is 7.38. The van der Waals surface area contributed by atoms with Crippen molar-refractivity contribution in [1.29, 1.82) is 0 Å². The van der Waals surface area contributed by atoms with E-state index >= 15 is 0 Å². The van der Waals surface area contributed by atoms with Gasteiger partial charge in [-0.1, -0.05) is 0 Å². The van der Waals surface area contributed by atoms with Gasteiger partial charge in [0.1, 0.15) is 17.5 Å². The van der Waals surface area contributed by atoms with Gasteiger partial charge in [-0.3, -0.25) is 4.98 Å². The molecule has 0 saturated heterocycles. The third kappa shape index (κ3) is 4.37. The zero-order chi connectivity index (χ0) is 21.1. The highest BCUT2D eigenvalue weighted by Crippen LogP contribution is 2.23. The number of nitrogens with two attached hydrogens (primary N) is 1. The number of hydrogen-bond acceptors (Lipinski definition) is 5. The molecule has 0 radical (unpaired) electrons. The van der Waals surface area contributed by atoms with Crippen LogP contribution in [0.2, 0.25) is 0 Å². The van der Waals surface area contributed by atoms with Crippen molar-refractivity contribution in [3.05, 3.63) is 78.3 Å². The van der Waals surface area contributed by atoms with E-state index in [4.69, 9.17) is 5.73 Å². The number of likely N-dealkylation sites (N-methyl/N-ethyl adjacent to an activating group) is 1. The summed E-state index contributed by atoms with van der Waals surface area (Å²) in [6, 6.07) is 12.6. The van der Waals surface area contributed by atoms with Gasteiger partial charge in [-0.05, 0) is 66.4 Å². The Kier molecular flexibility index (Phi) is 5.83. The molecule has 2 heterocycles. The van der Waals surface area contributed by atoms with Crippen LogP contribution >= 0.6 is 0 Å². The van der Waals surface area contributed by atoms with Gasteiger partial charge in [-0.25, -0.2) is 13.8 Å². The minimum absolute atomic E-state index is 0.266. The second-order valence-corrected chi connectivity index (χ2v) is 7.38. The predicted molar refractivity (Wildman–Crippen MR) is 116 cm³/mol. The number of fused-ring (bicyclic) bond motifs is 2. The Balaban J connectivity index is 1.38. The van der Waals surface area contributed by atoms with E-state index in [2.05, 4.69) is 20.2 Å². The van der Waals surface area contributed by atoms with E-state index in [-0.39, 0.29) is 17.7 Å². The van der Waals surface area contributed by atoms with Gasteiger partial charge in [0.05, 0.1) is 11.7 Å².